The van der Waals surface area contributed by atoms with E-state index in [-0.39, 0.29) is 5.82 Å². The van der Waals surface area contributed by atoms with Crippen LogP contribution in [-0.4, -0.2) is 5.11 Å². The summed E-state index contributed by atoms with van der Waals surface area (Å²) in [6.45, 7) is 5.92. The van der Waals surface area contributed by atoms with Gasteiger partial charge in [0.1, 0.15) is 5.82 Å². The van der Waals surface area contributed by atoms with E-state index in [1.54, 1.807) is 0 Å². The standard InChI is InChI=1S/C14H21FO/c1-4-6-14(16,7-5-2)12-8-11(3)9-13(15)10-12/h8-10,16H,4-7H2,1-3H3. The van der Waals surface area contributed by atoms with Crippen LogP contribution in [0.1, 0.15) is 50.7 Å². The molecule has 0 fully saturated rings. The summed E-state index contributed by atoms with van der Waals surface area (Å²) in [6.07, 6.45) is 3.16. The van der Waals surface area contributed by atoms with Gasteiger partial charge in [-0.3, -0.25) is 0 Å². The largest absolute Gasteiger partial charge is 0.385 e. The SMILES string of the molecule is CCCC(O)(CCC)c1cc(C)cc(F)c1. The van der Waals surface area contributed by atoms with E-state index in [9.17, 15) is 9.50 Å². The molecule has 0 aliphatic rings. The minimum atomic E-state index is -0.865. The smallest absolute Gasteiger partial charge is 0.123 e. The molecule has 2 heteroatoms. The van der Waals surface area contributed by atoms with Crippen molar-refractivity contribution in [2.45, 2.75) is 52.1 Å². The van der Waals surface area contributed by atoms with E-state index >= 15 is 0 Å². The topological polar surface area (TPSA) is 20.2 Å². The Balaban J connectivity index is 3.09. The Bertz CT molecular complexity index is 320. The van der Waals surface area contributed by atoms with Crippen molar-refractivity contribution in [2.24, 2.45) is 0 Å². The molecule has 0 radical (unpaired) electrons. The predicted octanol–water partition coefficient (Wildman–Crippen LogP) is 3.92. The summed E-state index contributed by atoms with van der Waals surface area (Å²) >= 11 is 0. The van der Waals surface area contributed by atoms with Crippen LogP contribution in [-0.2, 0) is 5.60 Å². The second-order valence-electron chi connectivity index (χ2n) is 4.55. The number of benzene rings is 1. The Morgan fingerprint density at radius 1 is 1.12 bits per heavy atom. The molecule has 1 aromatic carbocycles. The first-order chi connectivity index (χ1) is 7.51. The van der Waals surface area contributed by atoms with Gasteiger partial charge in [-0.15, -0.1) is 0 Å². The Hall–Kier alpha value is -0.890. The highest BCUT2D eigenvalue weighted by atomic mass is 19.1. The van der Waals surface area contributed by atoms with Gasteiger partial charge in [-0.05, 0) is 43.0 Å². The van der Waals surface area contributed by atoms with Crippen molar-refractivity contribution in [2.75, 3.05) is 0 Å². The summed E-state index contributed by atoms with van der Waals surface area (Å²) in [4.78, 5) is 0. The van der Waals surface area contributed by atoms with Gasteiger partial charge in [-0.1, -0.05) is 32.8 Å². The summed E-state index contributed by atoms with van der Waals surface area (Å²) in [5.74, 6) is -0.263. The normalized spacial score (nSPS) is 11.8. The van der Waals surface area contributed by atoms with Crippen molar-refractivity contribution < 1.29 is 9.50 Å². The van der Waals surface area contributed by atoms with Gasteiger partial charge in [-0.2, -0.15) is 0 Å². The maximum atomic E-state index is 13.3. The molecule has 0 unspecified atom stereocenters. The Labute approximate surface area is 97.3 Å². The van der Waals surface area contributed by atoms with E-state index in [0.717, 1.165) is 18.4 Å². The quantitative estimate of drug-likeness (QED) is 0.803. The third kappa shape index (κ3) is 3.05. The zero-order chi connectivity index (χ0) is 12.2. The molecule has 0 bridgehead atoms. The maximum Gasteiger partial charge on any atom is 0.123 e. The van der Waals surface area contributed by atoms with Crippen molar-refractivity contribution >= 4 is 0 Å². The minimum Gasteiger partial charge on any atom is -0.385 e. The fourth-order valence-electron chi connectivity index (χ4n) is 2.25. The first kappa shape index (κ1) is 13.2. The fourth-order valence-corrected chi connectivity index (χ4v) is 2.25. The van der Waals surface area contributed by atoms with Crippen molar-refractivity contribution in [1.82, 2.24) is 0 Å². The van der Waals surface area contributed by atoms with Gasteiger partial charge in [0.25, 0.3) is 0 Å². The first-order valence-corrected chi connectivity index (χ1v) is 6.02. The Morgan fingerprint density at radius 3 is 2.12 bits per heavy atom. The maximum absolute atomic E-state index is 13.3. The number of rotatable bonds is 5. The van der Waals surface area contributed by atoms with Gasteiger partial charge in [-0.25, -0.2) is 4.39 Å². The fraction of sp³-hybridized carbons (Fsp3) is 0.571. The highest BCUT2D eigenvalue weighted by Gasteiger charge is 2.27. The van der Waals surface area contributed by atoms with Gasteiger partial charge in [0, 0.05) is 0 Å². The molecule has 1 aromatic rings. The number of hydrogen-bond acceptors (Lipinski definition) is 1. The lowest BCUT2D eigenvalue weighted by molar-refractivity contribution is 0.0166. The van der Waals surface area contributed by atoms with Crippen LogP contribution in [0.15, 0.2) is 18.2 Å². The molecule has 0 aliphatic heterocycles. The van der Waals surface area contributed by atoms with Gasteiger partial charge in [0.15, 0.2) is 0 Å². The van der Waals surface area contributed by atoms with E-state index in [1.807, 2.05) is 26.8 Å². The molecule has 0 saturated carbocycles. The molecule has 0 aromatic heterocycles. The summed E-state index contributed by atoms with van der Waals surface area (Å²) in [5, 5.41) is 10.6. The predicted molar refractivity (Wildman–Crippen MR) is 64.8 cm³/mol. The van der Waals surface area contributed by atoms with Crippen LogP contribution in [0.3, 0.4) is 0 Å². The van der Waals surface area contributed by atoms with Gasteiger partial charge in [0.2, 0.25) is 0 Å². The lowest BCUT2D eigenvalue weighted by Gasteiger charge is -2.28. The van der Waals surface area contributed by atoms with Crippen molar-refractivity contribution in [3.8, 4) is 0 Å². The number of hydrogen-bond donors (Lipinski definition) is 1. The van der Waals surface area contributed by atoms with E-state index in [4.69, 9.17) is 0 Å². The van der Waals surface area contributed by atoms with Crippen LogP contribution in [0.5, 0.6) is 0 Å². The number of aliphatic hydroxyl groups is 1. The molecular formula is C14H21FO. The molecule has 1 rings (SSSR count). The third-order valence-electron chi connectivity index (χ3n) is 2.91. The van der Waals surface area contributed by atoms with Crippen LogP contribution in [0.4, 0.5) is 4.39 Å². The highest BCUT2D eigenvalue weighted by Crippen LogP contribution is 2.32. The summed E-state index contributed by atoms with van der Waals surface area (Å²) in [6, 6.07) is 4.83. The zero-order valence-corrected chi connectivity index (χ0v) is 10.4. The molecular weight excluding hydrogens is 203 g/mol. The summed E-state index contributed by atoms with van der Waals surface area (Å²) < 4.78 is 13.3. The number of aryl methyl sites for hydroxylation is 1. The average Bonchev–Trinajstić information content (AvgIpc) is 2.16. The molecule has 0 atom stereocenters. The van der Waals surface area contributed by atoms with Crippen molar-refractivity contribution in [3.63, 3.8) is 0 Å². The number of halogens is 1. The van der Waals surface area contributed by atoms with Crippen LogP contribution in [0.25, 0.3) is 0 Å². The van der Waals surface area contributed by atoms with E-state index in [1.165, 1.54) is 12.1 Å². The zero-order valence-electron chi connectivity index (χ0n) is 10.4. The molecule has 1 N–H and O–H groups in total. The molecule has 0 aliphatic carbocycles. The summed E-state index contributed by atoms with van der Waals surface area (Å²) in [5.41, 5.74) is 0.713. The van der Waals surface area contributed by atoms with Crippen molar-refractivity contribution in [1.29, 1.82) is 0 Å². The molecule has 0 amide bonds. The van der Waals surface area contributed by atoms with E-state index in [2.05, 4.69) is 0 Å². The molecule has 90 valence electrons. The Kier molecular flexibility index (Phi) is 4.48. The average molecular weight is 224 g/mol. The second kappa shape index (κ2) is 5.44. The highest BCUT2D eigenvalue weighted by molar-refractivity contribution is 5.28. The van der Waals surface area contributed by atoms with E-state index < -0.39 is 5.60 Å². The van der Waals surface area contributed by atoms with Gasteiger partial charge in [0.05, 0.1) is 5.60 Å². The van der Waals surface area contributed by atoms with Crippen molar-refractivity contribution in [3.05, 3.63) is 35.1 Å². The van der Waals surface area contributed by atoms with Gasteiger partial charge < -0.3 is 5.11 Å². The monoisotopic (exact) mass is 224 g/mol. The lowest BCUT2D eigenvalue weighted by atomic mass is 9.84. The van der Waals surface area contributed by atoms with E-state index in [0.29, 0.717) is 18.4 Å². The van der Waals surface area contributed by atoms with Gasteiger partial charge >= 0.3 is 0 Å². The van der Waals surface area contributed by atoms with Crippen LogP contribution < -0.4 is 0 Å². The molecule has 0 saturated heterocycles. The van der Waals surface area contributed by atoms with Crippen LogP contribution in [0.2, 0.25) is 0 Å². The Morgan fingerprint density at radius 2 is 1.69 bits per heavy atom. The third-order valence-corrected chi connectivity index (χ3v) is 2.91. The second-order valence-corrected chi connectivity index (χ2v) is 4.55. The summed E-state index contributed by atoms with van der Waals surface area (Å²) in [7, 11) is 0. The molecule has 0 spiro atoms. The molecule has 16 heavy (non-hydrogen) atoms. The van der Waals surface area contributed by atoms with Crippen LogP contribution >= 0.6 is 0 Å². The molecule has 1 nitrogen and oxygen atoms in total. The lowest BCUT2D eigenvalue weighted by Crippen LogP contribution is -2.25. The molecule has 0 heterocycles. The first-order valence-electron chi connectivity index (χ1n) is 6.02. The van der Waals surface area contributed by atoms with Crippen LogP contribution in [0, 0.1) is 12.7 Å². The minimum absolute atomic E-state index is 0.263.